The van der Waals surface area contributed by atoms with Crippen molar-refractivity contribution in [1.29, 1.82) is 0 Å². The number of rotatable bonds is 6. The van der Waals surface area contributed by atoms with Gasteiger partial charge in [0.25, 0.3) is 5.91 Å². The van der Waals surface area contributed by atoms with Gasteiger partial charge in [-0.1, -0.05) is 70.0 Å². The van der Waals surface area contributed by atoms with Gasteiger partial charge < -0.3 is 10.2 Å². The van der Waals surface area contributed by atoms with Gasteiger partial charge in [-0.05, 0) is 47.0 Å². The quantitative estimate of drug-likeness (QED) is 0.388. The smallest absolute Gasteiger partial charge is 0.254 e. The average molecular weight is 540 g/mol. The Morgan fingerprint density at radius 2 is 1.85 bits per heavy atom. The van der Waals surface area contributed by atoms with Crippen molar-refractivity contribution in [3.63, 3.8) is 0 Å². The molecule has 5 rings (SSSR count). The third-order valence-electron chi connectivity index (χ3n) is 6.31. The summed E-state index contributed by atoms with van der Waals surface area (Å²) in [6.45, 7) is 0.519. The molecule has 3 aromatic carbocycles. The van der Waals surface area contributed by atoms with E-state index >= 15 is 0 Å². The van der Waals surface area contributed by atoms with Crippen LogP contribution in [0.5, 0.6) is 0 Å². The summed E-state index contributed by atoms with van der Waals surface area (Å²) in [5, 5.41) is 4.06. The van der Waals surface area contributed by atoms with E-state index in [0.29, 0.717) is 34.5 Å². The minimum Gasteiger partial charge on any atom is -0.344 e. The number of carbonyl (C=O) groups is 2. The van der Waals surface area contributed by atoms with Gasteiger partial charge in [-0.2, -0.15) is 0 Å². The molecule has 172 valence electrons. The van der Waals surface area contributed by atoms with E-state index in [1.165, 1.54) is 12.1 Å². The molecule has 0 radical (unpaired) electrons. The number of hydrogen-bond donors (Lipinski definition) is 1. The monoisotopic (exact) mass is 538 g/mol. The summed E-state index contributed by atoms with van der Waals surface area (Å²) >= 11 is 10.2. The van der Waals surface area contributed by atoms with Gasteiger partial charge in [-0.3, -0.25) is 9.59 Å². The van der Waals surface area contributed by atoms with Crippen molar-refractivity contribution >= 4 is 50.5 Å². The lowest BCUT2D eigenvalue weighted by molar-refractivity contribution is -0.116. The number of Topliss-reactive ketones (excluding diaryl/α,β-unsaturated/α-hetero) is 1. The number of benzene rings is 3. The van der Waals surface area contributed by atoms with Crippen molar-refractivity contribution in [3.8, 4) is 0 Å². The molecule has 7 heteroatoms. The predicted octanol–water partition coefficient (Wildman–Crippen LogP) is 6.05. The van der Waals surface area contributed by atoms with E-state index in [2.05, 4.69) is 26.1 Å². The standard InChI is InChI=1S/C27H21BrClFN2O2/c28-14-23-25(27(34)31-26(20-13-24(20)33)16-6-4-7-17(30)12-16)19-10-5-11-22(29)21(19)15-32(23)18-8-2-1-3-9-18/h1-12,20,26H,13-15H2,(H,31,34)/t20?,26-/m1/s1. The SMILES string of the molecule is O=C(N[C@H](c1cccc(F)c1)C1CC1=O)C1=C(CBr)N(c2ccccc2)Cc2c(Cl)cccc21. The second-order valence-corrected chi connectivity index (χ2v) is 9.39. The summed E-state index contributed by atoms with van der Waals surface area (Å²) < 4.78 is 14.0. The molecule has 0 spiro atoms. The molecule has 2 atom stereocenters. The van der Waals surface area contributed by atoms with Crippen molar-refractivity contribution < 1.29 is 14.0 Å². The van der Waals surface area contributed by atoms with E-state index in [4.69, 9.17) is 11.6 Å². The molecule has 4 nitrogen and oxygen atoms in total. The van der Waals surface area contributed by atoms with Gasteiger partial charge >= 0.3 is 0 Å². The molecule has 1 unspecified atom stereocenters. The minimum absolute atomic E-state index is 0.0576. The Hall–Kier alpha value is -2.96. The van der Waals surface area contributed by atoms with Crippen molar-refractivity contribution in [2.75, 3.05) is 10.2 Å². The van der Waals surface area contributed by atoms with E-state index in [-0.39, 0.29) is 17.6 Å². The first-order chi connectivity index (χ1) is 16.5. The van der Waals surface area contributed by atoms with Crippen LogP contribution in [0.3, 0.4) is 0 Å². The second-order valence-electron chi connectivity index (χ2n) is 8.43. The van der Waals surface area contributed by atoms with Gasteiger partial charge in [0.05, 0.1) is 11.6 Å². The van der Waals surface area contributed by atoms with E-state index in [9.17, 15) is 14.0 Å². The number of alkyl halides is 1. The van der Waals surface area contributed by atoms with E-state index in [1.54, 1.807) is 12.1 Å². The number of halogens is 3. The van der Waals surface area contributed by atoms with Gasteiger partial charge in [0.2, 0.25) is 0 Å². The first-order valence-electron chi connectivity index (χ1n) is 11.0. The van der Waals surface area contributed by atoms with E-state index in [1.807, 2.05) is 48.5 Å². The molecule has 34 heavy (non-hydrogen) atoms. The number of ketones is 1. The molecule has 1 N–H and O–H groups in total. The molecule has 0 saturated heterocycles. The Kier molecular flexibility index (Phi) is 6.28. The number of nitrogens with zero attached hydrogens (tertiary/aromatic N) is 1. The number of hydrogen-bond acceptors (Lipinski definition) is 3. The zero-order chi connectivity index (χ0) is 23.8. The maximum absolute atomic E-state index is 14.0. The fourth-order valence-corrected chi connectivity index (χ4v) is 5.35. The third-order valence-corrected chi connectivity index (χ3v) is 7.20. The summed E-state index contributed by atoms with van der Waals surface area (Å²) in [5.74, 6) is -1.03. The zero-order valence-corrected chi connectivity index (χ0v) is 20.4. The Balaban J connectivity index is 1.60. The summed E-state index contributed by atoms with van der Waals surface area (Å²) in [5.41, 5.74) is 4.40. The molecular weight excluding hydrogens is 519 g/mol. The highest BCUT2D eigenvalue weighted by Gasteiger charge is 2.44. The molecule has 1 fully saturated rings. The largest absolute Gasteiger partial charge is 0.344 e. The lowest BCUT2D eigenvalue weighted by Crippen LogP contribution is -2.37. The summed E-state index contributed by atoms with van der Waals surface area (Å²) in [6, 6.07) is 20.8. The number of anilines is 1. The van der Waals surface area contributed by atoms with Crippen LogP contribution in [0.2, 0.25) is 5.02 Å². The average Bonchev–Trinajstić information content (AvgIpc) is 3.58. The summed E-state index contributed by atoms with van der Waals surface area (Å²) in [4.78, 5) is 28.0. The van der Waals surface area contributed by atoms with E-state index in [0.717, 1.165) is 22.5 Å². The Morgan fingerprint density at radius 1 is 1.12 bits per heavy atom. The number of nitrogens with one attached hydrogen (secondary N) is 1. The third kappa shape index (κ3) is 4.28. The fourth-order valence-electron chi connectivity index (χ4n) is 4.54. The molecule has 1 aliphatic carbocycles. The van der Waals surface area contributed by atoms with Crippen LogP contribution in [-0.2, 0) is 16.1 Å². The normalized spacial score (nSPS) is 17.9. The van der Waals surface area contributed by atoms with Crippen LogP contribution in [0.1, 0.15) is 29.2 Å². The highest BCUT2D eigenvalue weighted by Crippen LogP contribution is 2.41. The van der Waals surface area contributed by atoms with Crippen LogP contribution >= 0.6 is 27.5 Å². The molecule has 0 aromatic heterocycles. The molecule has 2 aliphatic rings. The second kappa shape index (κ2) is 9.35. The number of amides is 1. The van der Waals surface area contributed by atoms with Crippen LogP contribution in [-0.4, -0.2) is 17.0 Å². The highest BCUT2D eigenvalue weighted by atomic mass is 79.9. The van der Waals surface area contributed by atoms with Crippen LogP contribution in [0.15, 0.2) is 78.5 Å². The predicted molar refractivity (Wildman–Crippen MR) is 135 cm³/mol. The van der Waals surface area contributed by atoms with Gasteiger partial charge in [0.1, 0.15) is 11.6 Å². The molecule has 1 heterocycles. The molecule has 3 aromatic rings. The maximum Gasteiger partial charge on any atom is 0.254 e. The lowest BCUT2D eigenvalue weighted by atomic mass is 9.91. The Bertz CT molecular complexity index is 1310. The van der Waals surface area contributed by atoms with Crippen molar-refractivity contribution in [1.82, 2.24) is 5.32 Å². The minimum atomic E-state index is -0.602. The van der Waals surface area contributed by atoms with Gasteiger partial charge in [-0.25, -0.2) is 4.39 Å². The first kappa shape index (κ1) is 22.8. The Labute approximate surface area is 210 Å². The molecular formula is C27H21BrClFN2O2. The molecule has 1 aliphatic heterocycles. The topological polar surface area (TPSA) is 49.4 Å². The number of carbonyl (C=O) groups excluding carboxylic acids is 2. The van der Waals surface area contributed by atoms with Gasteiger partial charge in [0, 0.05) is 40.6 Å². The summed E-state index contributed by atoms with van der Waals surface area (Å²) in [7, 11) is 0. The van der Waals surface area contributed by atoms with Gasteiger partial charge in [0.15, 0.2) is 0 Å². The number of allylic oxidation sites excluding steroid dienone is 1. The molecule has 1 amide bonds. The highest BCUT2D eigenvalue weighted by molar-refractivity contribution is 9.09. The van der Waals surface area contributed by atoms with Crippen LogP contribution in [0.25, 0.3) is 5.57 Å². The fraction of sp³-hybridized carbons (Fsp3) is 0.185. The van der Waals surface area contributed by atoms with Crippen molar-refractivity contribution in [2.24, 2.45) is 5.92 Å². The van der Waals surface area contributed by atoms with Gasteiger partial charge in [-0.15, -0.1) is 0 Å². The maximum atomic E-state index is 14.0. The number of fused-ring (bicyclic) bond motifs is 1. The molecule has 1 saturated carbocycles. The lowest BCUT2D eigenvalue weighted by Gasteiger charge is -2.35. The van der Waals surface area contributed by atoms with Crippen LogP contribution in [0.4, 0.5) is 10.1 Å². The summed E-state index contributed by atoms with van der Waals surface area (Å²) in [6.07, 6.45) is 0.365. The number of para-hydroxylation sites is 1. The van der Waals surface area contributed by atoms with Crippen LogP contribution < -0.4 is 10.2 Å². The van der Waals surface area contributed by atoms with Crippen molar-refractivity contribution in [3.05, 3.63) is 106 Å². The van der Waals surface area contributed by atoms with E-state index < -0.39 is 11.9 Å². The Morgan fingerprint density at radius 3 is 2.53 bits per heavy atom. The van der Waals surface area contributed by atoms with Crippen molar-refractivity contribution in [2.45, 2.75) is 19.0 Å². The zero-order valence-electron chi connectivity index (χ0n) is 18.1. The first-order valence-corrected chi connectivity index (χ1v) is 12.5. The van der Waals surface area contributed by atoms with Crippen LogP contribution in [0, 0.1) is 11.7 Å². The molecule has 0 bridgehead atoms.